The number of halogens is 1. The largest absolute Gasteiger partial charge is 0.378 e. The molecule has 21 heavy (non-hydrogen) atoms. The molecule has 0 saturated heterocycles. The van der Waals surface area contributed by atoms with Gasteiger partial charge in [0.2, 0.25) is 0 Å². The SMILES string of the molecule is Cc1nc(-c2cccc(NC(C)c3sccc3Br)c2)n[nH]1. The van der Waals surface area contributed by atoms with Gasteiger partial charge in [-0.15, -0.1) is 11.3 Å². The van der Waals surface area contributed by atoms with Gasteiger partial charge in [0.1, 0.15) is 5.82 Å². The topological polar surface area (TPSA) is 53.6 Å². The van der Waals surface area contributed by atoms with E-state index in [-0.39, 0.29) is 6.04 Å². The number of nitrogens with one attached hydrogen (secondary N) is 2. The molecule has 0 spiro atoms. The smallest absolute Gasteiger partial charge is 0.181 e. The predicted octanol–water partition coefficient (Wildman–Crippen LogP) is 4.78. The van der Waals surface area contributed by atoms with E-state index in [0.29, 0.717) is 0 Å². The minimum atomic E-state index is 0.239. The zero-order valence-corrected chi connectivity index (χ0v) is 14.1. The Bertz CT molecular complexity index is 749. The minimum absolute atomic E-state index is 0.239. The summed E-state index contributed by atoms with van der Waals surface area (Å²) in [4.78, 5) is 5.65. The molecule has 2 N–H and O–H groups in total. The van der Waals surface area contributed by atoms with Crippen molar-refractivity contribution >= 4 is 33.0 Å². The van der Waals surface area contributed by atoms with Crippen LogP contribution in [0.4, 0.5) is 5.69 Å². The van der Waals surface area contributed by atoms with Crippen molar-refractivity contribution in [1.29, 1.82) is 0 Å². The van der Waals surface area contributed by atoms with Crippen molar-refractivity contribution in [2.24, 2.45) is 0 Å². The fourth-order valence-electron chi connectivity index (χ4n) is 2.15. The normalized spacial score (nSPS) is 12.3. The number of H-pyrrole nitrogens is 1. The number of anilines is 1. The van der Waals surface area contributed by atoms with Crippen molar-refractivity contribution in [3.05, 3.63) is 50.9 Å². The number of nitrogens with zero attached hydrogens (tertiary/aromatic N) is 2. The molecule has 108 valence electrons. The van der Waals surface area contributed by atoms with Gasteiger partial charge >= 0.3 is 0 Å². The van der Waals surface area contributed by atoms with Crippen molar-refractivity contribution in [3.8, 4) is 11.4 Å². The molecule has 3 rings (SSSR count). The van der Waals surface area contributed by atoms with Crippen LogP contribution in [0.15, 0.2) is 40.2 Å². The van der Waals surface area contributed by atoms with Crippen LogP contribution in [-0.2, 0) is 0 Å². The van der Waals surface area contributed by atoms with E-state index in [1.807, 2.05) is 19.1 Å². The highest BCUT2D eigenvalue weighted by molar-refractivity contribution is 9.10. The molecule has 0 saturated carbocycles. The highest BCUT2D eigenvalue weighted by Gasteiger charge is 2.11. The van der Waals surface area contributed by atoms with Gasteiger partial charge in [-0.25, -0.2) is 4.98 Å². The van der Waals surface area contributed by atoms with Gasteiger partial charge in [-0.3, -0.25) is 5.10 Å². The summed E-state index contributed by atoms with van der Waals surface area (Å²) in [7, 11) is 0. The Morgan fingerprint density at radius 3 is 2.86 bits per heavy atom. The van der Waals surface area contributed by atoms with Crippen molar-refractivity contribution in [1.82, 2.24) is 15.2 Å². The van der Waals surface area contributed by atoms with Gasteiger partial charge in [0.05, 0.1) is 6.04 Å². The second kappa shape index (κ2) is 5.99. The van der Waals surface area contributed by atoms with E-state index in [9.17, 15) is 0 Å². The van der Waals surface area contributed by atoms with Crippen LogP contribution in [0.25, 0.3) is 11.4 Å². The maximum atomic E-state index is 4.37. The van der Waals surface area contributed by atoms with Gasteiger partial charge in [-0.05, 0) is 53.4 Å². The van der Waals surface area contributed by atoms with Crippen molar-refractivity contribution in [3.63, 3.8) is 0 Å². The summed E-state index contributed by atoms with van der Waals surface area (Å²) in [5.74, 6) is 1.54. The maximum absolute atomic E-state index is 4.37. The molecule has 0 aliphatic rings. The van der Waals surface area contributed by atoms with E-state index in [1.54, 1.807) is 11.3 Å². The molecule has 0 amide bonds. The molecule has 2 aromatic heterocycles. The molecule has 0 aliphatic carbocycles. The summed E-state index contributed by atoms with van der Waals surface area (Å²) >= 11 is 5.32. The van der Waals surface area contributed by atoms with Crippen molar-refractivity contribution < 1.29 is 0 Å². The molecule has 1 atom stereocenters. The average molecular weight is 363 g/mol. The zero-order valence-electron chi connectivity index (χ0n) is 11.7. The molecule has 0 aliphatic heterocycles. The highest BCUT2D eigenvalue weighted by atomic mass is 79.9. The van der Waals surface area contributed by atoms with Gasteiger partial charge in [0, 0.05) is 20.6 Å². The van der Waals surface area contributed by atoms with Crippen LogP contribution in [-0.4, -0.2) is 15.2 Å². The second-order valence-corrected chi connectivity index (χ2v) is 6.63. The Balaban J connectivity index is 1.82. The summed E-state index contributed by atoms with van der Waals surface area (Å²) in [5, 5.41) is 12.7. The lowest BCUT2D eigenvalue weighted by Gasteiger charge is -2.15. The Morgan fingerprint density at radius 2 is 2.19 bits per heavy atom. The number of benzene rings is 1. The summed E-state index contributed by atoms with van der Waals surface area (Å²) in [6, 6.07) is 10.5. The van der Waals surface area contributed by atoms with Crippen LogP contribution in [0.3, 0.4) is 0 Å². The van der Waals surface area contributed by atoms with Gasteiger partial charge in [-0.1, -0.05) is 12.1 Å². The first-order valence-electron chi connectivity index (χ1n) is 6.62. The minimum Gasteiger partial charge on any atom is -0.378 e. The highest BCUT2D eigenvalue weighted by Crippen LogP contribution is 2.31. The van der Waals surface area contributed by atoms with Crippen molar-refractivity contribution in [2.75, 3.05) is 5.32 Å². The van der Waals surface area contributed by atoms with Crippen LogP contribution < -0.4 is 5.32 Å². The fourth-order valence-corrected chi connectivity index (χ4v) is 3.88. The van der Waals surface area contributed by atoms with E-state index < -0.39 is 0 Å². The summed E-state index contributed by atoms with van der Waals surface area (Å²) in [6.45, 7) is 4.05. The van der Waals surface area contributed by atoms with Gasteiger partial charge in [0.25, 0.3) is 0 Å². The summed E-state index contributed by atoms with van der Waals surface area (Å²) in [6.07, 6.45) is 0. The van der Waals surface area contributed by atoms with Crippen LogP contribution >= 0.6 is 27.3 Å². The number of hydrogen-bond donors (Lipinski definition) is 2. The molecule has 2 heterocycles. The monoisotopic (exact) mass is 362 g/mol. The fraction of sp³-hybridized carbons (Fsp3) is 0.200. The van der Waals surface area contributed by atoms with E-state index in [4.69, 9.17) is 0 Å². The van der Waals surface area contributed by atoms with E-state index in [2.05, 4.69) is 66.9 Å². The number of thiophene rings is 1. The number of rotatable bonds is 4. The molecule has 0 fully saturated rings. The Labute approximate surface area is 135 Å². The molecular formula is C15H15BrN4S. The van der Waals surface area contributed by atoms with E-state index >= 15 is 0 Å². The van der Waals surface area contributed by atoms with Gasteiger partial charge in [0.15, 0.2) is 5.82 Å². The Kier molecular flexibility index (Phi) is 4.07. The number of aromatic nitrogens is 3. The number of aryl methyl sites for hydroxylation is 1. The van der Waals surface area contributed by atoms with E-state index in [0.717, 1.165) is 27.4 Å². The Morgan fingerprint density at radius 1 is 1.33 bits per heavy atom. The van der Waals surface area contributed by atoms with Gasteiger partial charge < -0.3 is 5.32 Å². The first-order chi connectivity index (χ1) is 10.1. The molecule has 0 radical (unpaired) electrons. The quantitative estimate of drug-likeness (QED) is 0.702. The predicted molar refractivity (Wildman–Crippen MR) is 90.6 cm³/mol. The first-order valence-corrected chi connectivity index (χ1v) is 8.29. The maximum Gasteiger partial charge on any atom is 0.181 e. The van der Waals surface area contributed by atoms with Crippen molar-refractivity contribution in [2.45, 2.75) is 19.9 Å². The first kappa shape index (κ1) is 14.3. The molecule has 0 bridgehead atoms. The average Bonchev–Trinajstić information content (AvgIpc) is 3.08. The molecule has 6 heteroatoms. The lowest BCUT2D eigenvalue weighted by Crippen LogP contribution is -2.05. The summed E-state index contributed by atoms with van der Waals surface area (Å²) < 4.78 is 1.15. The molecule has 3 aromatic rings. The zero-order chi connectivity index (χ0) is 14.8. The third kappa shape index (κ3) is 3.16. The van der Waals surface area contributed by atoms with Crippen LogP contribution in [0, 0.1) is 6.92 Å². The second-order valence-electron chi connectivity index (χ2n) is 4.82. The molecule has 1 aromatic carbocycles. The van der Waals surface area contributed by atoms with E-state index in [1.165, 1.54) is 4.88 Å². The lowest BCUT2D eigenvalue weighted by molar-refractivity contribution is 0.903. The molecule has 1 unspecified atom stereocenters. The van der Waals surface area contributed by atoms with Gasteiger partial charge in [-0.2, -0.15) is 5.10 Å². The third-order valence-electron chi connectivity index (χ3n) is 3.14. The Hall–Kier alpha value is -1.66. The molecular weight excluding hydrogens is 348 g/mol. The van der Waals surface area contributed by atoms with Crippen LogP contribution in [0.5, 0.6) is 0 Å². The number of hydrogen-bond acceptors (Lipinski definition) is 4. The third-order valence-corrected chi connectivity index (χ3v) is 5.19. The molecule has 4 nitrogen and oxygen atoms in total. The van der Waals surface area contributed by atoms with Crippen LogP contribution in [0.2, 0.25) is 0 Å². The summed E-state index contributed by atoms with van der Waals surface area (Å²) in [5.41, 5.74) is 2.06. The van der Waals surface area contributed by atoms with Crippen LogP contribution in [0.1, 0.15) is 23.7 Å². The number of aromatic amines is 1. The standard InChI is InChI=1S/C15H15BrN4S/c1-9(14-13(16)6-7-21-14)17-12-5-3-4-11(8-12)15-18-10(2)19-20-15/h3-9,17H,1-2H3,(H,18,19,20). The lowest BCUT2D eigenvalue weighted by atomic mass is 10.1.